The van der Waals surface area contributed by atoms with Gasteiger partial charge < -0.3 is 15.4 Å². The third-order valence-corrected chi connectivity index (χ3v) is 4.38. The van der Waals surface area contributed by atoms with Gasteiger partial charge in [-0.15, -0.1) is 0 Å². The molecule has 6 heteroatoms. The summed E-state index contributed by atoms with van der Waals surface area (Å²) in [6.45, 7) is 6.79. The van der Waals surface area contributed by atoms with E-state index in [0.717, 1.165) is 6.42 Å². The fourth-order valence-electron chi connectivity index (χ4n) is 2.91. The lowest BCUT2D eigenvalue weighted by Crippen LogP contribution is -2.57. The molecule has 1 fully saturated rings. The summed E-state index contributed by atoms with van der Waals surface area (Å²) in [7, 11) is 1.71. The topological polar surface area (TPSA) is 76.4 Å². The molecule has 2 rings (SSSR count). The Morgan fingerprint density at radius 2 is 2.10 bits per heavy atom. The lowest BCUT2D eigenvalue weighted by atomic mass is 9.64. The Bertz CT molecular complexity index is 531. The molecule has 1 aliphatic rings. The van der Waals surface area contributed by atoms with Crippen molar-refractivity contribution in [2.45, 2.75) is 39.3 Å². The van der Waals surface area contributed by atoms with Gasteiger partial charge in [-0.3, -0.25) is 10.1 Å². The zero-order chi connectivity index (χ0) is 15.6. The van der Waals surface area contributed by atoms with Gasteiger partial charge in [-0.1, -0.05) is 19.9 Å². The van der Waals surface area contributed by atoms with E-state index in [0.29, 0.717) is 17.9 Å². The van der Waals surface area contributed by atoms with Gasteiger partial charge in [0.05, 0.1) is 11.0 Å². The standard InChI is InChI=1S/C15H23N3O3/c1-5-16-10-7-6-8-11(14(10)18(19)20)17-12-9-13(21-4)15(12,2)3/h6-8,12-13,16-17H,5,9H2,1-4H3. The van der Waals surface area contributed by atoms with E-state index in [1.165, 1.54) is 0 Å². The van der Waals surface area contributed by atoms with Gasteiger partial charge in [0.25, 0.3) is 0 Å². The highest BCUT2D eigenvalue weighted by Crippen LogP contribution is 2.45. The number of anilines is 2. The summed E-state index contributed by atoms with van der Waals surface area (Å²) in [5, 5.41) is 17.7. The Kier molecular flexibility index (Phi) is 4.37. The molecule has 21 heavy (non-hydrogen) atoms. The normalized spacial score (nSPS) is 23.2. The molecule has 0 saturated heterocycles. The molecule has 0 amide bonds. The Balaban J connectivity index is 2.25. The Labute approximate surface area is 125 Å². The number of hydrogen-bond acceptors (Lipinski definition) is 5. The average molecular weight is 293 g/mol. The second-order valence-electron chi connectivity index (χ2n) is 5.97. The first-order chi connectivity index (χ1) is 9.91. The largest absolute Gasteiger partial charge is 0.381 e. The van der Waals surface area contributed by atoms with E-state index in [4.69, 9.17) is 4.74 Å². The van der Waals surface area contributed by atoms with Crippen LogP contribution in [-0.4, -0.2) is 30.7 Å². The van der Waals surface area contributed by atoms with E-state index < -0.39 is 0 Å². The van der Waals surface area contributed by atoms with Gasteiger partial charge in [0.15, 0.2) is 0 Å². The number of nitrogens with zero attached hydrogens (tertiary/aromatic N) is 1. The van der Waals surface area contributed by atoms with Crippen molar-refractivity contribution in [1.29, 1.82) is 0 Å². The van der Waals surface area contributed by atoms with Crippen LogP contribution in [0.5, 0.6) is 0 Å². The van der Waals surface area contributed by atoms with Crippen LogP contribution < -0.4 is 10.6 Å². The van der Waals surface area contributed by atoms with Crippen LogP contribution >= 0.6 is 0 Å². The molecule has 0 bridgehead atoms. The third-order valence-electron chi connectivity index (χ3n) is 4.38. The smallest absolute Gasteiger partial charge is 0.315 e. The predicted molar refractivity (Wildman–Crippen MR) is 83.9 cm³/mol. The molecule has 1 aromatic carbocycles. The minimum absolute atomic E-state index is 0.0448. The van der Waals surface area contributed by atoms with Crippen molar-refractivity contribution >= 4 is 17.1 Å². The van der Waals surface area contributed by atoms with Gasteiger partial charge >= 0.3 is 5.69 Å². The average Bonchev–Trinajstić information content (AvgIpc) is 2.43. The molecule has 1 aromatic rings. The van der Waals surface area contributed by atoms with E-state index in [1.54, 1.807) is 19.2 Å². The molecular formula is C15H23N3O3. The highest BCUT2D eigenvalue weighted by atomic mass is 16.6. The van der Waals surface area contributed by atoms with Crippen molar-refractivity contribution < 1.29 is 9.66 Å². The van der Waals surface area contributed by atoms with Crippen LogP contribution in [0.4, 0.5) is 17.1 Å². The molecule has 116 valence electrons. The Hall–Kier alpha value is -1.82. The molecule has 2 atom stereocenters. The molecule has 0 heterocycles. The van der Waals surface area contributed by atoms with Crippen LogP contribution in [-0.2, 0) is 4.74 Å². The van der Waals surface area contributed by atoms with E-state index in [1.807, 2.05) is 13.0 Å². The molecule has 1 aliphatic carbocycles. The van der Waals surface area contributed by atoms with Gasteiger partial charge in [-0.2, -0.15) is 0 Å². The van der Waals surface area contributed by atoms with Gasteiger partial charge in [0.2, 0.25) is 0 Å². The zero-order valence-corrected chi connectivity index (χ0v) is 13.0. The quantitative estimate of drug-likeness (QED) is 0.622. The minimum Gasteiger partial charge on any atom is -0.381 e. The van der Waals surface area contributed by atoms with Crippen LogP contribution in [0, 0.1) is 15.5 Å². The van der Waals surface area contributed by atoms with E-state index in [-0.39, 0.29) is 28.2 Å². The van der Waals surface area contributed by atoms with Crippen LogP contribution in [0.1, 0.15) is 27.2 Å². The summed E-state index contributed by atoms with van der Waals surface area (Å²) >= 11 is 0. The molecule has 6 nitrogen and oxygen atoms in total. The van der Waals surface area contributed by atoms with E-state index >= 15 is 0 Å². The second kappa shape index (κ2) is 5.89. The van der Waals surface area contributed by atoms with Gasteiger partial charge in [-0.05, 0) is 25.5 Å². The van der Waals surface area contributed by atoms with Crippen molar-refractivity contribution in [3.05, 3.63) is 28.3 Å². The maximum absolute atomic E-state index is 11.4. The highest BCUT2D eigenvalue weighted by molar-refractivity contribution is 5.76. The fourth-order valence-corrected chi connectivity index (χ4v) is 2.91. The molecule has 0 radical (unpaired) electrons. The number of methoxy groups -OCH3 is 1. The maximum atomic E-state index is 11.4. The number of nitrogens with one attached hydrogen (secondary N) is 2. The number of ether oxygens (including phenoxy) is 1. The van der Waals surface area contributed by atoms with E-state index in [2.05, 4.69) is 24.5 Å². The number of rotatable bonds is 6. The molecule has 0 aromatic heterocycles. The molecule has 1 saturated carbocycles. The second-order valence-corrected chi connectivity index (χ2v) is 5.97. The maximum Gasteiger partial charge on any atom is 0.315 e. The zero-order valence-electron chi connectivity index (χ0n) is 13.0. The molecule has 0 spiro atoms. The summed E-state index contributed by atoms with van der Waals surface area (Å²) in [4.78, 5) is 11.1. The summed E-state index contributed by atoms with van der Waals surface area (Å²) in [6, 6.07) is 5.48. The van der Waals surface area contributed by atoms with Crippen LogP contribution in [0.25, 0.3) is 0 Å². The van der Waals surface area contributed by atoms with Crippen LogP contribution in [0.3, 0.4) is 0 Å². The van der Waals surface area contributed by atoms with Gasteiger partial charge in [0, 0.05) is 25.1 Å². The predicted octanol–water partition coefficient (Wildman–Crippen LogP) is 3.25. The number of para-hydroxylation sites is 1. The molecule has 0 aliphatic heterocycles. The highest BCUT2D eigenvalue weighted by Gasteiger charge is 2.49. The van der Waals surface area contributed by atoms with Crippen molar-refractivity contribution in [2.75, 3.05) is 24.3 Å². The summed E-state index contributed by atoms with van der Waals surface area (Å²) < 4.78 is 5.42. The number of nitro groups is 1. The van der Waals surface area contributed by atoms with Crippen LogP contribution in [0.15, 0.2) is 18.2 Å². The summed E-state index contributed by atoms with van der Waals surface area (Å²) in [6.07, 6.45) is 1.04. The summed E-state index contributed by atoms with van der Waals surface area (Å²) in [5.41, 5.74) is 1.17. The number of benzene rings is 1. The molecular weight excluding hydrogens is 270 g/mol. The van der Waals surface area contributed by atoms with Crippen LogP contribution in [0.2, 0.25) is 0 Å². The molecule has 2 N–H and O–H groups in total. The Morgan fingerprint density at radius 3 is 2.62 bits per heavy atom. The van der Waals surface area contributed by atoms with Crippen molar-refractivity contribution in [1.82, 2.24) is 0 Å². The third kappa shape index (κ3) is 2.81. The number of hydrogen-bond donors (Lipinski definition) is 2. The van der Waals surface area contributed by atoms with Crippen molar-refractivity contribution in [2.24, 2.45) is 5.41 Å². The molecule has 2 unspecified atom stereocenters. The lowest BCUT2D eigenvalue weighted by Gasteiger charge is -2.51. The minimum atomic E-state index is -0.334. The van der Waals surface area contributed by atoms with E-state index in [9.17, 15) is 10.1 Å². The first-order valence-corrected chi connectivity index (χ1v) is 7.22. The van der Waals surface area contributed by atoms with Crippen molar-refractivity contribution in [3.8, 4) is 0 Å². The summed E-state index contributed by atoms with van der Waals surface area (Å²) in [5.74, 6) is 0. The fraction of sp³-hybridized carbons (Fsp3) is 0.600. The van der Waals surface area contributed by atoms with Crippen molar-refractivity contribution in [3.63, 3.8) is 0 Å². The Morgan fingerprint density at radius 1 is 1.43 bits per heavy atom. The number of nitro benzene ring substituents is 1. The SMILES string of the molecule is CCNc1cccc(NC2CC(OC)C2(C)C)c1[N+](=O)[O-]. The monoisotopic (exact) mass is 293 g/mol. The first-order valence-electron chi connectivity index (χ1n) is 7.22. The lowest BCUT2D eigenvalue weighted by molar-refractivity contribution is -0.383. The van der Waals surface area contributed by atoms with Gasteiger partial charge in [-0.25, -0.2) is 0 Å². The first kappa shape index (κ1) is 15.6. The van der Waals surface area contributed by atoms with Gasteiger partial charge in [0.1, 0.15) is 11.4 Å².